The van der Waals surface area contributed by atoms with E-state index >= 15 is 0 Å². The average Bonchev–Trinajstić information content (AvgIpc) is 3.43. The Bertz CT molecular complexity index is 856. The quantitative estimate of drug-likeness (QED) is 0.543. The summed E-state index contributed by atoms with van der Waals surface area (Å²) in [5, 5.41) is 21.1. The van der Waals surface area contributed by atoms with E-state index in [1.54, 1.807) is 12.4 Å². The lowest BCUT2D eigenvalue weighted by Gasteiger charge is -2.32. The van der Waals surface area contributed by atoms with Crippen LogP contribution in [-0.4, -0.2) is 75.0 Å². The summed E-state index contributed by atoms with van der Waals surface area (Å²) in [5.74, 6) is 1.33. The molecule has 2 saturated heterocycles. The minimum atomic E-state index is -0.250. The number of anilines is 1. The zero-order chi connectivity index (χ0) is 24.1. The number of amides is 1. The second-order valence-electron chi connectivity index (χ2n) is 7.82. The number of nitrogens with one attached hydrogen (secondary N) is 1. The molecule has 0 bridgehead atoms. The molecule has 2 aliphatic heterocycles. The molecule has 0 aromatic carbocycles. The Morgan fingerprint density at radius 3 is 2.64 bits per heavy atom. The Morgan fingerprint density at radius 2 is 2.00 bits per heavy atom. The first-order valence-electron chi connectivity index (χ1n) is 10.7. The molecule has 0 radical (unpaired) electrons. The molecule has 0 saturated carbocycles. The van der Waals surface area contributed by atoms with Crippen molar-refractivity contribution in [1.29, 1.82) is 0 Å². The van der Waals surface area contributed by atoms with E-state index < -0.39 is 0 Å². The van der Waals surface area contributed by atoms with Gasteiger partial charge in [0.1, 0.15) is 0 Å². The average molecular weight is 462 g/mol. The van der Waals surface area contributed by atoms with Crippen LogP contribution in [0.2, 0.25) is 0 Å². The van der Waals surface area contributed by atoms with Gasteiger partial charge in [-0.2, -0.15) is 5.10 Å². The summed E-state index contributed by atoms with van der Waals surface area (Å²) in [6, 6.07) is 3.68. The van der Waals surface area contributed by atoms with E-state index in [1.807, 2.05) is 23.0 Å². The number of nitrogens with zero attached hydrogens (tertiary/aromatic N) is 4. The number of pyridine rings is 1. The van der Waals surface area contributed by atoms with Crippen LogP contribution in [-0.2, 0) is 32.2 Å². The van der Waals surface area contributed by atoms with Crippen molar-refractivity contribution in [3.05, 3.63) is 42.5 Å². The van der Waals surface area contributed by atoms with Gasteiger partial charge >= 0.3 is 0 Å². The van der Waals surface area contributed by atoms with Gasteiger partial charge < -0.3 is 20.3 Å². The first-order valence-corrected chi connectivity index (χ1v) is 10.7. The maximum absolute atomic E-state index is 12.5. The second-order valence-corrected chi connectivity index (χ2v) is 7.82. The Morgan fingerprint density at radius 1 is 1.24 bits per heavy atom. The summed E-state index contributed by atoms with van der Waals surface area (Å²) in [6.07, 6.45) is 7.95. The fourth-order valence-corrected chi connectivity index (χ4v) is 4.34. The van der Waals surface area contributed by atoms with Crippen LogP contribution in [0.5, 0.6) is 0 Å². The van der Waals surface area contributed by atoms with Crippen LogP contribution in [0.3, 0.4) is 0 Å². The fraction of sp³-hybridized carbons (Fsp3) is 0.500. The molecule has 180 valence electrons. The van der Waals surface area contributed by atoms with Crippen molar-refractivity contribution in [3.8, 4) is 0 Å². The van der Waals surface area contributed by atoms with Gasteiger partial charge in [0.25, 0.3) is 12.9 Å². The number of hydrogen-bond acceptors (Lipinski definition) is 7. The molecule has 4 heterocycles. The molecule has 11 heteroatoms. The minimum Gasteiger partial charge on any atom is -0.483 e. The summed E-state index contributed by atoms with van der Waals surface area (Å²) >= 11 is 0. The molecule has 2 aliphatic rings. The van der Waals surface area contributed by atoms with Crippen molar-refractivity contribution in [2.45, 2.75) is 26.4 Å². The lowest BCUT2D eigenvalue weighted by Crippen LogP contribution is -2.37. The van der Waals surface area contributed by atoms with Crippen LogP contribution in [0.4, 0.5) is 5.69 Å². The number of carbonyl (C=O) groups is 3. The van der Waals surface area contributed by atoms with Crippen molar-refractivity contribution in [3.63, 3.8) is 0 Å². The summed E-state index contributed by atoms with van der Waals surface area (Å²) in [5.41, 5.74) is 2.00. The maximum Gasteiger partial charge on any atom is 0.290 e. The number of carbonyl (C=O) groups excluding carboxylic acids is 1. The van der Waals surface area contributed by atoms with Crippen LogP contribution in [0.25, 0.3) is 0 Å². The standard InChI is InChI=1S/C20H27N5O2.2CH2O2/c1-2-25-10-15(7-22-25)9-24-11-17-14-27-13-16(19(17)12-24)6-20(26)23-18-4-3-5-21-8-18;2*2-1-3/h3-5,7-8,10,16-17,19H,2,6,9,11-14H2,1H3,(H,23,26);2*1H,(H,2,3)/t16-,17-,19+;;/m1../s1. The van der Waals surface area contributed by atoms with E-state index in [0.29, 0.717) is 24.9 Å². The summed E-state index contributed by atoms with van der Waals surface area (Å²) in [4.78, 5) is 35.7. The number of rotatable bonds is 6. The molecule has 11 nitrogen and oxygen atoms in total. The smallest absolute Gasteiger partial charge is 0.290 e. The van der Waals surface area contributed by atoms with Crippen molar-refractivity contribution in [2.75, 3.05) is 31.6 Å². The molecule has 0 aliphatic carbocycles. The Kier molecular flexibility index (Phi) is 11.0. The van der Waals surface area contributed by atoms with Crippen LogP contribution < -0.4 is 5.32 Å². The number of carboxylic acid groups (broad SMARTS) is 2. The molecule has 3 atom stereocenters. The van der Waals surface area contributed by atoms with Gasteiger partial charge in [0, 0.05) is 50.6 Å². The largest absolute Gasteiger partial charge is 0.483 e. The first-order chi connectivity index (χ1) is 16.0. The maximum atomic E-state index is 12.5. The SMILES string of the molecule is CCn1cc(CN2C[C@@H]3COC[C@@H](CC(=O)Nc4cccnc4)[C@@H]3C2)cn1.O=CO.O=CO. The molecule has 0 unspecified atom stereocenters. The molecule has 2 aromatic rings. The van der Waals surface area contributed by atoms with E-state index in [9.17, 15) is 4.79 Å². The monoisotopic (exact) mass is 461 g/mol. The van der Waals surface area contributed by atoms with Gasteiger partial charge in [0.05, 0.1) is 31.3 Å². The first kappa shape index (κ1) is 25.9. The molecule has 2 aromatic heterocycles. The lowest BCUT2D eigenvalue weighted by molar-refractivity contribution is -0.123. The summed E-state index contributed by atoms with van der Waals surface area (Å²) in [6.45, 7) is 6.94. The fourth-order valence-electron chi connectivity index (χ4n) is 4.34. The normalized spacial score (nSPS) is 21.4. The van der Waals surface area contributed by atoms with Crippen molar-refractivity contribution < 1.29 is 29.3 Å². The molecule has 33 heavy (non-hydrogen) atoms. The minimum absolute atomic E-state index is 0.0416. The molecule has 1 amide bonds. The summed E-state index contributed by atoms with van der Waals surface area (Å²) < 4.78 is 7.80. The predicted octanol–water partition coefficient (Wildman–Crippen LogP) is 1.42. The van der Waals surface area contributed by atoms with E-state index in [4.69, 9.17) is 24.5 Å². The lowest BCUT2D eigenvalue weighted by atomic mass is 9.81. The molecule has 2 fully saturated rings. The highest BCUT2D eigenvalue weighted by Gasteiger charge is 2.41. The van der Waals surface area contributed by atoms with Gasteiger partial charge in [-0.25, -0.2) is 0 Å². The van der Waals surface area contributed by atoms with Crippen molar-refractivity contribution >= 4 is 24.5 Å². The predicted molar refractivity (Wildman–Crippen MR) is 119 cm³/mol. The molecule has 3 N–H and O–H groups in total. The van der Waals surface area contributed by atoms with Crippen molar-refractivity contribution in [1.82, 2.24) is 19.7 Å². The van der Waals surface area contributed by atoms with E-state index in [1.165, 1.54) is 5.56 Å². The van der Waals surface area contributed by atoms with Gasteiger partial charge in [-0.05, 0) is 36.8 Å². The molecular weight excluding hydrogens is 430 g/mol. The van der Waals surface area contributed by atoms with Crippen LogP contribution in [0.15, 0.2) is 36.9 Å². The van der Waals surface area contributed by atoms with Gasteiger partial charge in [-0.1, -0.05) is 0 Å². The number of likely N-dealkylation sites (tertiary alicyclic amines) is 1. The molecule has 0 spiro atoms. The molecular formula is C22H31N5O6. The summed E-state index contributed by atoms with van der Waals surface area (Å²) in [7, 11) is 0. The Labute approximate surface area is 192 Å². The highest BCUT2D eigenvalue weighted by atomic mass is 16.5. The van der Waals surface area contributed by atoms with E-state index in [2.05, 4.69) is 33.4 Å². The second kappa shape index (κ2) is 14.0. The Balaban J connectivity index is 0.000000582. The number of hydrogen-bond donors (Lipinski definition) is 3. The van der Waals surface area contributed by atoms with Crippen LogP contribution in [0, 0.1) is 17.8 Å². The highest BCUT2D eigenvalue weighted by molar-refractivity contribution is 5.90. The van der Waals surface area contributed by atoms with Gasteiger partial charge in [0.15, 0.2) is 0 Å². The number of ether oxygens (including phenoxy) is 1. The van der Waals surface area contributed by atoms with Gasteiger partial charge in [-0.3, -0.25) is 28.9 Å². The van der Waals surface area contributed by atoms with Gasteiger partial charge in [0.2, 0.25) is 5.91 Å². The number of aromatic nitrogens is 3. The van der Waals surface area contributed by atoms with E-state index in [-0.39, 0.29) is 24.8 Å². The zero-order valence-corrected chi connectivity index (χ0v) is 18.6. The third-order valence-electron chi connectivity index (χ3n) is 5.65. The van der Waals surface area contributed by atoms with Crippen LogP contribution in [0.1, 0.15) is 18.9 Å². The number of aryl methyl sites for hydroxylation is 1. The van der Waals surface area contributed by atoms with Crippen molar-refractivity contribution in [2.24, 2.45) is 17.8 Å². The van der Waals surface area contributed by atoms with Crippen LogP contribution >= 0.6 is 0 Å². The van der Waals surface area contributed by atoms with Gasteiger partial charge in [-0.15, -0.1) is 0 Å². The number of fused-ring (bicyclic) bond motifs is 1. The third kappa shape index (κ3) is 8.28. The topological polar surface area (TPSA) is 147 Å². The molecule has 4 rings (SSSR count). The van der Waals surface area contributed by atoms with E-state index in [0.717, 1.165) is 38.5 Å². The third-order valence-corrected chi connectivity index (χ3v) is 5.65. The Hall–Kier alpha value is -3.31. The zero-order valence-electron chi connectivity index (χ0n) is 18.6. The highest BCUT2D eigenvalue weighted by Crippen LogP contribution is 2.36.